The van der Waals surface area contributed by atoms with Gasteiger partial charge in [0.1, 0.15) is 17.5 Å². The van der Waals surface area contributed by atoms with Gasteiger partial charge in [0.25, 0.3) is 0 Å². The highest BCUT2D eigenvalue weighted by atomic mass is 19.1. The molecule has 2 rings (SSSR count). The van der Waals surface area contributed by atoms with Gasteiger partial charge in [0.2, 0.25) is 0 Å². The second-order valence-electron chi connectivity index (χ2n) is 5.01. The molecule has 1 aliphatic rings. The molecule has 1 fully saturated rings. The van der Waals surface area contributed by atoms with Crippen molar-refractivity contribution < 1.29 is 18.7 Å². The van der Waals surface area contributed by atoms with Crippen LogP contribution in [0.4, 0.5) is 4.39 Å². The van der Waals surface area contributed by atoms with Crippen LogP contribution >= 0.6 is 0 Å². The van der Waals surface area contributed by atoms with Gasteiger partial charge in [-0.3, -0.25) is 14.5 Å². The monoisotopic (exact) mass is 279 g/mol. The molecule has 0 radical (unpaired) electrons. The van der Waals surface area contributed by atoms with Gasteiger partial charge in [0.05, 0.1) is 7.11 Å². The Kier molecular flexibility index (Phi) is 4.49. The summed E-state index contributed by atoms with van der Waals surface area (Å²) >= 11 is 0. The van der Waals surface area contributed by atoms with E-state index in [9.17, 15) is 14.0 Å². The number of hydrogen-bond donors (Lipinski definition) is 0. The number of Topliss-reactive ketones (excluding diaryl/α,β-unsaturated/α-hetero) is 1. The number of rotatable bonds is 3. The Morgan fingerprint density at radius 2 is 2.05 bits per heavy atom. The molecule has 0 aliphatic carbocycles. The van der Waals surface area contributed by atoms with Crippen LogP contribution in [0.5, 0.6) is 0 Å². The zero-order chi connectivity index (χ0) is 14.7. The Morgan fingerprint density at radius 3 is 2.65 bits per heavy atom. The summed E-state index contributed by atoms with van der Waals surface area (Å²) < 4.78 is 17.6. The molecule has 0 bridgehead atoms. The smallest absolute Gasteiger partial charge is 0.317 e. The summed E-state index contributed by atoms with van der Waals surface area (Å²) in [6.07, 6.45) is 0.339. The number of halogens is 1. The molecule has 1 saturated heterocycles. The van der Waals surface area contributed by atoms with Gasteiger partial charge in [-0.05, 0) is 24.6 Å². The molecule has 0 aromatic heterocycles. The lowest BCUT2D eigenvalue weighted by Gasteiger charge is -2.35. The molecule has 1 aromatic rings. The van der Waals surface area contributed by atoms with Crippen LogP contribution in [0.1, 0.15) is 24.9 Å². The standard InChI is InChI=1S/C15H18FNO3/c1-10(11-3-5-12(16)6-4-11)17-8-7-14(18)13(9-17)15(19)20-2/h3-6,10,13H,7-9H2,1-2H3. The zero-order valence-electron chi connectivity index (χ0n) is 11.6. The average molecular weight is 279 g/mol. The number of piperidine rings is 1. The molecule has 0 saturated carbocycles. The number of carbonyl (C=O) groups is 2. The van der Waals surface area contributed by atoms with Crippen LogP contribution in [0.3, 0.4) is 0 Å². The molecule has 1 aromatic carbocycles. The minimum Gasteiger partial charge on any atom is -0.468 e. The minimum absolute atomic E-state index is 0.0239. The molecule has 108 valence electrons. The molecule has 0 spiro atoms. The number of hydrogen-bond acceptors (Lipinski definition) is 4. The maximum atomic E-state index is 12.9. The van der Waals surface area contributed by atoms with Crippen molar-refractivity contribution in [1.29, 1.82) is 0 Å². The molecule has 0 N–H and O–H groups in total. The van der Waals surface area contributed by atoms with Crippen LogP contribution in [0.2, 0.25) is 0 Å². The van der Waals surface area contributed by atoms with E-state index in [0.717, 1.165) is 5.56 Å². The molecule has 5 heteroatoms. The first kappa shape index (κ1) is 14.7. The second kappa shape index (κ2) is 6.13. The van der Waals surface area contributed by atoms with Crippen LogP contribution in [0, 0.1) is 11.7 Å². The largest absolute Gasteiger partial charge is 0.468 e. The summed E-state index contributed by atoms with van der Waals surface area (Å²) in [4.78, 5) is 25.4. The Balaban J connectivity index is 2.10. The van der Waals surface area contributed by atoms with Crippen molar-refractivity contribution in [3.05, 3.63) is 35.6 Å². The first-order valence-electron chi connectivity index (χ1n) is 6.63. The van der Waals surface area contributed by atoms with Gasteiger partial charge in [-0.1, -0.05) is 12.1 Å². The first-order chi connectivity index (χ1) is 9.52. The lowest BCUT2D eigenvalue weighted by molar-refractivity contribution is -0.152. The van der Waals surface area contributed by atoms with Crippen molar-refractivity contribution in [2.75, 3.05) is 20.2 Å². The predicted octanol–water partition coefficient (Wildman–Crippen LogP) is 1.95. The molecular weight excluding hydrogens is 261 g/mol. The summed E-state index contributed by atoms with van der Waals surface area (Å²) in [5.74, 6) is -1.54. The van der Waals surface area contributed by atoms with Gasteiger partial charge in [-0.15, -0.1) is 0 Å². The van der Waals surface area contributed by atoms with Crippen LogP contribution in [-0.4, -0.2) is 36.9 Å². The fraction of sp³-hybridized carbons (Fsp3) is 0.467. The highest BCUT2D eigenvalue weighted by Gasteiger charge is 2.35. The fourth-order valence-corrected chi connectivity index (χ4v) is 2.51. The highest BCUT2D eigenvalue weighted by molar-refractivity contribution is 5.99. The van der Waals surface area contributed by atoms with Crippen molar-refractivity contribution in [3.63, 3.8) is 0 Å². The van der Waals surface area contributed by atoms with Crippen molar-refractivity contribution in [2.45, 2.75) is 19.4 Å². The number of carbonyl (C=O) groups excluding carboxylic acids is 2. The van der Waals surface area contributed by atoms with Gasteiger partial charge in [-0.25, -0.2) is 4.39 Å². The van der Waals surface area contributed by atoms with Gasteiger partial charge in [0.15, 0.2) is 0 Å². The number of ketones is 1. The van der Waals surface area contributed by atoms with Crippen LogP contribution in [0.25, 0.3) is 0 Å². The van der Waals surface area contributed by atoms with E-state index in [-0.39, 0.29) is 17.6 Å². The van der Waals surface area contributed by atoms with E-state index >= 15 is 0 Å². The third kappa shape index (κ3) is 3.04. The average Bonchev–Trinajstić information content (AvgIpc) is 2.47. The molecule has 4 nitrogen and oxygen atoms in total. The summed E-state index contributed by atoms with van der Waals surface area (Å²) in [5.41, 5.74) is 0.962. The van der Waals surface area contributed by atoms with E-state index in [2.05, 4.69) is 9.64 Å². The van der Waals surface area contributed by atoms with Crippen LogP contribution in [-0.2, 0) is 14.3 Å². The summed E-state index contributed by atoms with van der Waals surface area (Å²) in [5, 5.41) is 0. The molecule has 20 heavy (non-hydrogen) atoms. The fourth-order valence-electron chi connectivity index (χ4n) is 2.51. The number of benzene rings is 1. The minimum atomic E-state index is -0.711. The molecule has 0 amide bonds. The second-order valence-corrected chi connectivity index (χ2v) is 5.01. The van der Waals surface area contributed by atoms with Crippen molar-refractivity contribution in [1.82, 2.24) is 4.90 Å². The quantitative estimate of drug-likeness (QED) is 0.627. The Bertz CT molecular complexity index is 492. The highest BCUT2D eigenvalue weighted by Crippen LogP contribution is 2.25. The number of likely N-dealkylation sites (tertiary alicyclic amines) is 1. The van der Waals surface area contributed by atoms with Crippen molar-refractivity contribution >= 4 is 11.8 Å². The van der Waals surface area contributed by atoms with Gasteiger partial charge >= 0.3 is 5.97 Å². The van der Waals surface area contributed by atoms with Gasteiger partial charge in [0, 0.05) is 25.6 Å². The maximum Gasteiger partial charge on any atom is 0.317 e. The number of ether oxygens (including phenoxy) is 1. The summed E-state index contributed by atoms with van der Waals surface area (Å²) in [6.45, 7) is 2.94. The zero-order valence-corrected chi connectivity index (χ0v) is 11.6. The maximum absolute atomic E-state index is 12.9. The molecule has 2 atom stereocenters. The van der Waals surface area contributed by atoms with E-state index < -0.39 is 11.9 Å². The summed E-state index contributed by atoms with van der Waals surface area (Å²) in [6, 6.07) is 6.31. The lowest BCUT2D eigenvalue weighted by atomic mass is 9.94. The van der Waals surface area contributed by atoms with Gasteiger partial charge in [-0.2, -0.15) is 0 Å². The normalized spacial score (nSPS) is 21.6. The van der Waals surface area contributed by atoms with E-state index in [1.54, 1.807) is 12.1 Å². The molecule has 2 unspecified atom stereocenters. The van der Waals surface area contributed by atoms with E-state index in [1.165, 1.54) is 19.2 Å². The SMILES string of the molecule is COC(=O)C1CN(C(C)c2ccc(F)cc2)CCC1=O. The lowest BCUT2D eigenvalue weighted by Crippen LogP contribution is -2.45. The number of methoxy groups -OCH3 is 1. The van der Waals surface area contributed by atoms with Crippen LogP contribution < -0.4 is 0 Å². The summed E-state index contributed by atoms with van der Waals surface area (Å²) in [7, 11) is 1.29. The Labute approximate surface area is 117 Å². The predicted molar refractivity (Wildman–Crippen MR) is 71.5 cm³/mol. The number of esters is 1. The van der Waals surface area contributed by atoms with E-state index in [0.29, 0.717) is 19.5 Å². The van der Waals surface area contributed by atoms with Crippen LogP contribution in [0.15, 0.2) is 24.3 Å². The first-order valence-corrected chi connectivity index (χ1v) is 6.63. The molecule has 1 heterocycles. The van der Waals surface area contributed by atoms with E-state index in [4.69, 9.17) is 0 Å². The van der Waals surface area contributed by atoms with E-state index in [1.807, 2.05) is 6.92 Å². The van der Waals surface area contributed by atoms with Crippen molar-refractivity contribution in [3.8, 4) is 0 Å². The Morgan fingerprint density at radius 1 is 1.40 bits per heavy atom. The third-order valence-corrected chi connectivity index (χ3v) is 3.84. The number of nitrogens with zero attached hydrogens (tertiary/aromatic N) is 1. The van der Waals surface area contributed by atoms with Gasteiger partial charge < -0.3 is 4.74 Å². The molecular formula is C15H18FNO3. The Hall–Kier alpha value is -1.75. The topological polar surface area (TPSA) is 46.6 Å². The molecule has 1 aliphatic heterocycles. The third-order valence-electron chi connectivity index (χ3n) is 3.84. The van der Waals surface area contributed by atoms with Crippen molar-refractivity contribution in [2.24, 2.45) is 5.92 Å².